The number of carbonyl (C=O) groups is 1. The molecule has 0 aliphatic heterocycles. The van der Waals surface area contributed by atoms with Crippen LogP contribution in [0.2, 0.25) is 0 Å². The van der Waals surface area contributed by atoms with Crippen molar-refractivity contribution < 1.29 is 4.79 Å². The summed E-state index contributed by atoms with van der Waals surface area (Å²) in [5.41, 5.74) is 4.08. The first-order valence-electron chi connectivity index (χ1n) is 9.37. The second-order valence-electron chi connectivity index (χ2n) is 6.80. The molecule has 5 heteroatoms. The lowest BCUT2D eigenvalue weighted by Crippen LogP contribution is -2.26. The second kappa shape index (κ2) is 8.05. The van der Waals surface area contributed by atoms with Crippen molar-refractivity contribution in [2.24, 2.45) is 0 Å². The topological polar surface area (TPSA) is 51.0 Å². The summed E-state index contributed by atoms with van der Waals surface area (Å²) in [6, 6.07) is 22.1. The molecule has 0 bridgehead atoms. The zero-order valence-corrected chi connectivity index (χ0v) is 15.8. The lowest BCUT2D eigenvalue weighted by molar-refractivity contribution is -0.130. The molecule has 2 aromatic heterocycles. The minimum absolute atomic E-state index is 0.0931. The minimum atomic E-state index is 0.0931. The van der Waals surface area contributed by atoms with E-state index in [1.54, 1.807) is 17.3 Å². The highest BCUT2D eigenvalue weighted by Crippen LogP contribution is 2.22. The number of fused-ring (bicyclic) bond motifs is 1. The summed E-state index contributed by atoms with van der Waals surface area (Å²) in [6.07, 6.45) is 4.52. The van der Waals surface area contributed by atoms with E-state index < -0.39 is 0 Å². The molecule has 4 aromatic rings. The van der Waals surface area contributed by atoms with E-state index in [4.69, 9.17) is 4.98 Å². The molecule has 1 amide bonds. The van der Waals surface area contributed by atoms with E-state index in [2.05, 4.69) is 27.8 Å². The Bertz CT molecular complexity index is 1070. The summed E-state index contributed by atoms with van der Waals surface area (Å²) >= 11 is 0. The number of rotatable bonds is 6. The Labute approximate surface area is 164 Å². The lowest BCUT2D eigenvalue weighted by Gasteiger charge is -2.17. The first-order chi connectivity index (χ1) is 13.7. The van der Waals surface area contributed by atoms with Crippen molar-refractivity contribution in [3.8, 4) is 5.69 Å². The highest BCUT2D eigenvalue weighted by atomic mass is 16.2. The third-order valence-electron chi connectivity index (χ3n) is 4.78. The van der Waals surface area contributed by atoms with Gasteiger partial charge in [0.1, 0.15) is 5.82 Å². The van der Waals surface area contributed by atoms with E-state index in [9.17, 15) is 4.79 Å². The highest BCUT2D eigenvalue weighted by molar-refractivity contribution is 5.79. The van der Waals surface area contributed by atoms with Crippen LogP contribution >= 0.6 is 0 Å². The van der Waals surface area contributed by atoms with Gasteiger partial charge in [0.25, 0.3) is 0 Å². The number of hydrogen-bond acceptors (Lipinski definition) is 3. The fourth-order valence-electron chi connectivity index (χ4n) is 3.37. The average Bonchev–Trinajstić information content (AvgIpc) is 3.11. The van der Waals surface area contributed by atoms with Gasteiger partial charge in [-0.05, 0) is 35.9 Å². The van der Waals surface area contributed by atoms with E-state index in [-0.39, 0.29) is 5.91 Å². The molecule has 0 radical (unpaired) electrons. The van der Waals surface area contributed by atoms with Crippen molar-refractivity contribution >= 4 is 16.9 Å². The molecular weight excluding hydrogens is 348 g/mol. The van der Waals surface area contributed by atoms with Crippen LogP contribution in [0.15, 0.2) is 79.1 Å². The molecule has 0 fully saturated rings. The molecule has 0 spiro atoms. The lowest BCUT2D eigenvalue weighted by atomic mass is 10.2. The summed E-state index contributed by atoms with van der Waals surface area (Å²) in [5.74, 6) is 0.992. The molecule has 0 atom stereocenters. The number of carbonyl (C=O) groups excluding carboxylic acids is 1. The Morgan fingerprint density at radius 3 is 2.57 bits per heavy atom. The fraction of sp³-hybridized carbons (Fsp3) is 0.174. The number of aromatic nitrogens is 3. The Morgan fingerprint density at radius 2 is 1.79 bits per heavy atom. The van der Waals surface area contributed by atoms with Gasteiger partial charge in [-0.2, -0.15) is 0 Å². The van der Waals surface area contributed by atoms with Gasteiger partial charge < -0.3 is 4.90 Å². The van der Waals surface area contributed by atoms with Gasteiger partial charge in [-0.15, -0.1) is 0 Å². The molecule has 0 unspecified atom stereocenters. The summed E-state index contributed by atoms with van der Waals surface area (Å²) in [5, 5.41) is 0. The van der Waals surface area contributed by atoms with Crippen molar-refractivity contribution in [1.82, 2.24) is 19.4 Å². The quantitative estimate of drug-likeness (QED) is 0.515. The molecule has 2 heterocycles. The van der Waals surface area contributed by atoms with Crippen LogP contribution in [-0.4, -0.2) is 32.4 Å². The largest absolute Gasteiger partial charge is 0.341 e. The number of hydrogen-bond donors (Lipinski definition) is 0. The Morgan fingerprint density at radius 1 is 1.00 bits per heavy atom. The number of pyridine rings is 1. The van der Waals surface area contributed by atoms with Gasteiger partial charge in [-0.3, -0.25) is 14.3 Å². The Balaban J connectivity index is 1.54. The number of para-hydroxylation sites is 3. The number of amides is 1. The van der Waals surface area contributed by atoms with Gasteiger partial charge in [0.05, 0.1) is 11.0 Å². The molecule has 0 saturated heterocycles. The van der Waals surface area contributed by atoms with Crippen LogP contribution in [-0.2, 0) is 17.8 Å². The van der Waals surface area contributed by atoms with Crippen LogP contribution in [0.1, 0.15) is 17.8 Å². The van der Waals surface area contributed by atoms with Crippen molar-refractivity contribution in [2.45, 2.75) is 19.4 Å². The number of nitrogens with zero attached hydrogens (tertiary/aromatic N) is 4. The number of imidazole rings is 1. The van der Waals surface area contributed by atoms with Gasteiger partial charge in [-0.25, -0.2) is 4.98 Å². The van der Waals surface area contributed by atoms with Crippen LogP contribution < -0.4 is 0 Å². The van der Waals surface area contributed by atoms with Gasteiger partial charge in [0.15, 0.2) is 0 Å². The normalized spacial score (nSPS) is 10.9. The van der Waals surface area contributed by atoms with Crippen LogP contribution in [0.3, 0.4) is 0 Å². The standard InChI is InChI=1S/C23H22N4O/c1-26(17-18-8-7-15-24-16-18)23(28)14-13-22-25-20-11-5-6-12-21(20)27(22)19-9-3-2-4-10-19/h2-12,15-16H,13-14,17H2,1H3. The first-order valence-corrected chi connectivity index (χ1v) is 9.37. The van der Waals surface area contributed by atoms with Gasteiger partial charge in [-0.1, -0.05) is 36.4 Å². The summed E-state index contributed by atoms with van der Waals surface area (Å²) in [6.45, 7) is 0.557. The first kappa shape index (κ1) is 17.9. The van der Waals surface area contributed by atoms with Gasteiger partial charge in [0.2, 0.25) is 5.91 Å². The summed E-state index contributed by atoms with van der Waals surface area (Å²) in [7, 11) is 1.83. The molecular formula is C23H22N4O. The van der Waals surface area contributed by atoms with E-state index in [1.807, 2.05) is 55.6 Å². The predicted octanol–water partition coefficient (Wildman–Crippen LogP) is 4.01. The molecule has 2 aromatic carbocycles. The van der Waals surface area contributed by atoms with Crippen LogP contribution in [0.25, 0.3) is 16.7 Å². The average molecular weight is 370 g/mol. The molecule has 140 valence electrons. The SMILES string of the molecule is CN(Cc1cccnc1)C(=O)CCc1nc2ccccc2n1-c1ccccc1. The van der Waals surface area contributed by atoms with Crippen molar-refractivity contribution in [2.75, 3.05) is 7.05 Å². The summed E-state index contributed by atoms with van der Waals surface area (Å²) in [4.78, 5) is 23.3. The Kier molecular flexibility index (Phi) is 5.15. The maximum atomic E-state index is 12.7. The zero-order chi connectivity index (χ0) is 19.3. The van der Waals surface area contributed by atoms with E-state index in [0.717, 1.165) is 28.1 Å². The number of aryl methyl sites for hydroxylation is 1. The van der Waals surface area contributed by atoms with Gasteiger partial charge in [0, 0.05) is 44.5 Å². The van der Waals surface area contributed by atoms with Crippen LogP contribution in [0.5, 0.6) is 0 Å². The Hall–Kier alpha value is -3.47. The zero-order valence-electron chi connectivity index (χ0n) is 15.8. The van der Waals surface area contributed by atoms with Crippen LogP contribution in [0, 0.1) is 0 Å². The maximum Gasteiger partial charge on any atom is 0.223 e. The third-order valence-corrected chi connectivity index (χ3v) is 4.78. The highest BCUT2D eigenvalue weighted by Gasteiger charge is 2.15. The smallest absolute Gasteiger partial charge is 0.223 e. The minimum Gasteiger partial charge on any atom is -0.341 e. The van der Waals surface area contributed by atoms with E-state index >= 15 is 0 Å². The maximum absolute atomic E-state index is 12.7. The summed E-state index contributed by atoms with van der Waals surface area (Å²) < 4.78 is 2.14. The monoisotopic (exact) mass is 370 g/mol. The van der Waals surface area contributed by atoms with Gasteiger partial charge >= 0.3 is 0 Å². The molecule has 4 rings (SSSR count). The molecule has 0 aliphatic carbocycles. The van der Waals surface area contributed by atoms with Crippen molar-refractivity contribution in [3.05, 3.63) is 90.5 Å². The predicted molar refractivity (Wildman–Crippen MR) is 110 cm³/mol. The number of benzene rings is 2. The van der Waals surface area contributed by atoms with E-state index in [0.29, 0.717) is 19.4 Å². The molecule has 0 saturated carbocycles. The molecule has 28 heavy (non-hydrogen) atoms. The second-order valence-corrected chi connectivity index (χ2v) is 6.80. The molecule has 0 N–H and O–H groups in total. The molecule has 0 aliphatic rings. The van der Waals surface area contributed by atoms with Crippen LogP contribution in [0.4, 0.5) is 0 Å². The van der Waals surface area contributed by atoms with Crippen molar-refractivity contribution in [1.29, 1.82) is 0 Å². The van der Waals surface area contributed by atoms with E-state index in [1.165, 1.54) is 0 Å². The third kappa shape index (κ3) is 3.78. The fourth-order valence-corrected chi connectivity index (χ4v) is 3.37. The molecule has 5 nitrogen and oxygen atoms in total. The van der Waals surface area contributed by atoms with Crippen molar-refractivity contribution in [3.63, 3.8) is 0 Å².